The average Bonchev–Trinajstić information content (AvgIpc) is 2.17. The molecule has 0 aliphatic heterocycles. The van der Waals surface area contributed by atoms with Gasteiger partial charge in [-0.15, -0.1) is 5.10 Å². The van der Waals surface area contributed by atoms with Crippen LogP contribution in [0.25, 0.3) is 0 Å². The highest BCUT2D eigenvalue weighted by atomic mass is 16.3. The quantitative estimate of drug-likeness (QED) is 0.706. The first-order valence-electron chi connectivity index (χ1n) is 4.54. The van der Waals surface area contributed by atoms with Crippen LogP contribution in [0.1, 0.15) is 19.0 Å². The Morgan fingerprint density at radius 3 is 2.77 bits per heavy atom. The predicted octanol–water partition coefficient (Wildman–Crippen LogP) is 0.833. The summed E-state index contributed by atoms with van der Waals surface area (Å²) in [5.41, 5.74) is 1.01. The molecule has 1 aromatic heterocycles. The molecule has 1 rings (SSSR count). The van der Waals surface area contributed by atoms with Crippen molar-refractivity contribution < 1.29 is 5.11 Å². The number of rotatable bonds is 5. The Kier molecular flexibility index (Phi) is 4.18. The zero-order valence-electron chi connectivity index (χ0n) is 7.82. The molecule has 0 fully saturated rings. The smallest absolute Gasteiger partial charge is 0.148 e. The fourth-order valence-corrected chi connectivity index (χ4v) is 1.03. The van der Waals surface area contributed by atoms with Crippen molar-refractivity contribution in [3.63, 3.8) is 0 Å². The summed E-state index contributed by atoms with van der Waals surface area (Å²) in [7, 11) is 0. The minimum Gasteiger partial charge on any atom is -0.395 e. The monoisotopic (exact) mass is 181 g/mol. The lowest BCUT2D eigenvalue weighted by Crippen LogP contribution is -2.07. The number of anilines is 1. The molecule has 0 amide bonds. The molecule has 0 saturated heterocycles. The number of hydrogen-bond donors (Lipinski definition) is 2. The standard InChI is InChI=1S/C9H15N3O/c1-2-3-8-4-5-9(12-11-8)10-6-7-13/h4-5,13H,2-3,6-7H2,1H3,(H,10,12). The summed E-state index contributed by atoms with van der Waals surface area (Å²) < 4.78 is 0. The topological polar surface area (TPSA) is 58.0 Å². The predicted molar refractivity (Wildman–Crippen MR) is 51.6 cm³/mol. The van der Waals surface area contributed by atoms with Gasteiger partial charge in [0.05, 0.1) is 12.3 Å². The van der Waals surface area contributed by atoms with Gasteiger partial charge < -0.3 is 10.4 Å². The maximum absolute atomic E-state index is 8.56. The van der Waals surface area contributed by atoms with E-state index in [-0.39, 0.29) is 6.61 Å². The van der Waals surface area contributed by atoms with Gasteiger partial charge in [0.25, 0.3) is 0 Å². The summed E-state index contributed by atoms with van der Waals surface area (Å²) in [4.78, 5) is 0. The molecular formula is C9H15N3O. The molecule has 2 N–H and O–H groups in total. The molecule has 0 aromatic carbocycles. The van der Waals surface area contributed by atoms with Crippen molar-refractivity contribution in [2.24, 2.45) is 0 Å². The summed E-state index contributed by atoms with van der Waals surface area (Å²) in [5.74, 6) is 0.717. The van der Waals surface area contributed by atoms with Gasteiger partial charge in [0.2, 0.25) is 0 Å². The molecule has 0 atom stereocenters. The zero-order chi connectivity index (χ0) is 9.52. The Morgan fingerprint density at radius 1 is 1.38 bits per heavy atom. The summed E-state index contributed by atoms with van der Waals surface area (Å²) in [6.45, 7) is 2.74. The summed E-state index contributed by atoms with van der Waals surface area (Å²) >= 11 is 0. The first-order chi connectivity index (χ1) is 6.36. The number of nitrogens with one attached hydrogen (secondary N) is 1. The molecule has 13 heavy (non-hydrogen) atoms. The summed E-state index contributed by atoms with van der Waals surface area (Å²) in [6, 6.07) is 3.84. The SMILES string of the molecule is CCCc1ccc(NCCO)nn1. The molecule has 0 unspecified atom stereocenters. The van der Waals surface area contributed by atoms with Gasteiger partial charge in [-0.1, -0.05) is 13.3 Å². The fraction of sp³-hybridized carbons (Fsp3) is 0.556. The summed E-state index contributed by atoms with van der Waals surface area (Å²) in [6.07, 6.45) is 2.05. The van der Waals surface area contributed by atoms with Crippen molar-refractivity contribution in [2.75, 3.05) is 18.5 Å². The molecule has 0 aliphatic rings. The lowest BCUT2D eigenvalue weighted by Gasteiger charge is -2.02. The summed E-state index contributed by atoms with van der Waals surface area (Å²) in [5, 5.41) is 19.5. The molecule has 0 saturated carbocycles. The number of aliphatic hydroxyl groups excluding tert-OH is 1. The third-order valence-electron chi connectivity index (χ3n) is 1.64. The van der Waals surface area contributed by atoms with E-state index in [4.69, 9.17) is 5.11 Å². The molecular weight excluding hydrogens is 166 g/mol. The Balaban J connectivity index is 2.48. The Labute approximate surface area is 78.0 Å². The third kappa shape index (κ3) is 3.38. The lowest BCUT2D eigenvalue weighted by atomic mass is 10.2. The van der Waals surface area contributed by atoms with E-state index in [1.807, 2.05) is 12.1 Å². The average molecular weight is 181 g/mol. The van der Waals surface area contributed by atoms with Crippen LogP contribution in [0.3, 0.4) is 0 Å². The molecule has 1 aromatic rings. The van der Waals surface area contributed by atoms with Crippen LogP contribution in [0.2, 0.25) is 0 Å². The van der Waals surface area contributed by atoms with E-state index < -0.39 is 0 Å². The molecule has 4 nitrogen and oxygen atoms in total. The van der Waals surface area contributed by atoms with E-state index in [1.165, 1.54) is 0 Å². The van der Waals surface area contributed by atoms with Crippen molar-refractivity contribution in [2.45, 2.75) is 19.8 Å². The minimum absolute atomic E-state index is 0.110. The van der Waals surface area contributed by atoms with Crippen molar-refractivity contribution >= 4 is 5.82 Å². The van der Waals surface area contributed by atoms with Crippen LogP contribution in [-0.4, -0.2) is 28.5 Å². The second-order valence-corrected chi connectivity index (χ2v) is 2.81. The zero-order valence-corrected chi connectivity index (χ0v) is 7.82. The van der Waals surface area contributed by atoms with Crippen molar-refractivity contribution in [3.05, 3.63) is 17.8 Å². The van der Waals surface area contributed by atoms with Gasteiger partial charge in [-0.05, 0) is 18.6 Å². The van der Waals surface area contributed by atoms with Crippen LogP contribution < -0.4 is 5.32 Å². The molecule has 0 aliphatic carbocycles. The van der Waals surface area contributed by atoms with E-state index in [9.17, 15) is 0 Å². The second kappa shape index (κ2) is 5.48. The van der Waals surface area contributed by atoms with Gasteiger partial charge >= 0.3 is 0 Å². The van der Waals surface area contributed by atoms with Gasteiger partial charge in [0.15, 0.2) is 0 Å². The van der Waals surface area contributed by atoms with Crippen LogP contribution in [-0.2, 0) is 6.42 Å². The number of aromatic nitrogens is 2. The second-order valence-electron chi connectivity index (χ2n) is 2.81. The Bertz CT molecular complexity index is 235. The van der Waals surface area contributed by atoms with Crippen LogP contribution >= 0.6 is 0 Å². The Morgan fingerprint density at radius 2 is 2.23 bits per heavy atom. The lowest BCUT2D eigenvalue weighted by molar-refractivity contribution is 0.311. The molecule has 0 spiro atoms. The van der Waals surface area contributed by atoms with E-state index in [0.717, 1.165) is 18.5 Å². The van der Waals surface area contributed by atoms with Crippen molar-refractivity contribution in [1.82, 2.24) is 10.2 Å². The van der Waals surface area contributed by atoms with E-state index in [2.05, 4.69) is 22.4 Å². The molecule has 1 heterocycles. The number of aryl methyl sites for hydroxylation is 1. The van der Waals surface area contributed by atoms with Gasteiger partial charge in [-0.3, -0.25) is 0 Å². The highest BCUT2D eigenvalue weighted by molar-refractivity contribution is 5.32. The van der Waals surface area contributed by atoms with Gasteiger partial charge in [0.1, 0.15) is 5.82 Å². The maximum Gasteiger partial charge on any atom is 0.148 e. The normalized spacial score (nSPS) is 10.0. The highest BCUT2D eigenvalue weighted by Crippen LogP contribution is 2.02. The third-order valence-corrected chi connectivity index (χ3v) is 1.64. The van der Waals surface area contributed by atoms with Crippen molar-refractivity contribution in [1.29, 1.82) is 0 Å². The minimum atomic E-state index is 0.110. The molecule has 72 valence electrons. The van der Waals surface area contributed by atoms with Crippen LogP contribution in [0.15, 0.2) is 12.1 Å². The van der Waals surface area contributed by atoms with E-state index >= 15 is 0 Å². The number of hydrogen-bond acceptors (Lipinski definition) is 4. The van der Waals surface area contributed by atoms with E-state index in [0.29, 0.717) is 12.4 Å². The fourth-order valence-electron chi connectivity index (χ4n) is 1.03. The van der Waals surface area contributed by atoms with E-state index in [1.54, 1.807) is 0 Å². The van der Waals surface area contributed by atoms with Crippen LogP contribution in [0, 0.1) is 0 Å². The van der Waals surface area contributed by atoms with Gasteiger partial charge in [0, 0.05) is 6.54 Å². The van der Waals surface area contributed by atoms with Crippen LogP contribution in [0.5, 0.6) is 0 Å². The first-order valence-corrected chi connectivity index (χ1v) is 4.54. The Hall–Kier alpha value is -1.16. The highest BCUT2D eigenvalue weighted by Gasteiger charge is 1.95. The van der Waals surface area contributed by atoms with Crippen molar-refractivity contribution in [3.8, 4) is 0 Å². The van der Waals surface area contributed by atoms with Gasteiger partial charge in [-0.2, -0.15) is 5.10 Å². The molecule has 0 radical (unpaired) electrons. The number of nitrogens with zero attached hydrogens (tertiary/aromatic N) is 2. The van der Waals surface area contributed by atoms with Gasteiger partial charge in [-0.25, -0.2) is 0 Å². The maximum atomic E-state index is 8.56. The first kappa shape index (κ1) is 9.92. The van der Waals surface area contributed by atoms with Crippen LogP contribution in [0.4, 0.5) is 5.82 Å². The largest absolute Gasteiger partial charge is 0.395 e. The molecule has 0 bridgehead atoms. The molecule has 4 heteroatoms. The number of aliphatic hydroxyl groups is 1.